The van der Waals surface area contributed by atoms with Crippen LogP contribution in [0.2, 0.25) is 0 Å². The lowest BCUT2D eigenvalue weighted by Gasteiger charge is -2.44. The molecule has 4 nitrogen and oxygen atoms in total. The van der Waals surface area contributed by atoms with Crippen LogP contribution in [0.3, 0.4) is 0 Å². The summed E-state index contributed by atoms with van der Waals surface area (Å²) in [5.41, 5.74) is 0.885. The zero-order chi connectivity index (χ0) is 15.5. The van der Waals surface area contributed by atoms with Gasteiger partial charge in [0.1, 0.15) is 12.1 Å². The molecule has 2 atom stereocenters. The second-order valence-electron chi connectivity index (χ2n) is 6.89. The number of nitrogens with one attached hydrogen (secondary N) is 1. The highest BCUT2D eigenvalue weighted by atomic mass is 16.2. The van der Waals surface area contributed by atoms with Gasteiger partial charge in [-0.2, -0.15) is 0 Å². The predicted octanol–water partition coefficient (Wildman–Crippen LogP) is 2.49. The van der Waals surface area contributed by atoms with Crippen molar-refractivity contribution in [1.82, 2.24) is 10.2 Å². The highest BCUT2D eigenvalue weighted by molar-refractivity contribution is 5.97. The normalized spacial score (nSPS) is 23.6. The molecule has 2 unspecified atom stereocenters. The number of carbonyl (C=O) groups excluding carboxylic acids is 2. The minimum Gasteiger partial charge on any atom is -0.342 e. The maximum absolute atomic E-state index is 12.6. The van der Waals surface area contributed by atoms with Crippen molar-refractivity contribution in [2.24, 2.45) is 5.41 Å². The summed E-state index contributed by atoms with van der Waals surface area (Å²) in [6.45, 7) is 12.5. The molecule has 1 fully saturated rings. The van der Waals surface area contributed by atoms with Gasteiger partial charge in [0.2, 0.25) is 11.8 Å². The van der Waals surface area contributed by atoms with Crippen LogP contribution in [0.5, 0.6) is 0 Å². The summed E-state index contributed by atoms with van der Waals surface area (Å²) in [5, 5.41) is 2.89. The lowest BCUT2D eigenvalue weighted by atomic mass is 9.82. The smallest absolute Gasteiger partial charge is 0.246 e. The van der Waals surface area contributed by atoms with Gasteiger partial charge in [-0.15, -0.1) is 0 Å². The van der Waals surface area contributed by atoms with Crippen molar-refractivity contribution in [3.63, 3.8) is 0 Å². The van der Waals surface area contributed by atoms with Crippen LogP contribution in [0.1, 0.15) is 54.4 Å². The van der Waals surface area contributed by atoms with Crippen LogP contribution < -0.4 is 5.32 Å². The lowest BCUT2D eigenvalue weighted by molar-refractivity contribution is -0.153. The molecule has 1 aliphatic rings. The number of allylic oxidation sites excluding steroid dienone is 1. The van der Waals surface area contributed by atoms with Crippen molar-refractivity contribution in [2.45, 2.75) is 66.5 Å². The monoisotopic (exact) mass is 280 g/mol. The molecular weight excluding hydrogens is 252 g/mol. The summed E-state index contributed by atoms with van der Waals surface area (Å²) < 4.78 is 0. The van der Waals surface area contributed by atoms with E-state index in [1.165, 1.54) is 0 Å². The SMILES string of the molecule is CCCC1NC(=O)C(C(C)(C)C)N(CC=C(C)C)C1=O. The molecule has 1 saturated heterocycles. The Hall–Kier alpha value is -1.32. The Bertz CT molecular complexity index is 403. The van der Waals surface area contributed by atoms with Crippen LogP contribution in [0, 0.1) is 5.41 Å². The van der Waals surface area contributed by atoms with Crippen molar-refractivity contribution < 1.29 is 9.59 Å². The predicted molar refractivity (Wildman–Crippen MR) is 81.2 cm³/mol. The molecular formula is C16H28N2O2. The number of piperazine rings is 1. The van der Waals surface area contributed by atoms with E-state index >= 15 is 0 Å². The molecule has 1 rings (SSSR count). The third-order valence-electron chi connectivity index (χ3n) is 3.55. The lowest BCUT2D eigenvalue weighted by Crippen LogP contribution is -2.66. The average molecular weight is 280 g/mol. The number of hydrogen-bond donors (Lipinski definition) is 1. The molecule has 0 bridgehead atoms. The molecule has 1 N–H and O–H groups in total. The second kappa shape index (κ2) is 6.42. The van der Waals surface area contributed by atoms with Gasteiger partial charge in [0, 0.05) is 6.54 Å². The van der Waals surface area contributed by atoms with Crippen LogP contribution >= 0.6 is 0 Å². The summed E-state index contributed by atoms with van der Waals surface area (Å²) >= 11 is 0. The van der Waals surface area contributed by atoms with Gasteiger partial charge in [0.25, 0.3) is 0 Å². The Kier molecular flexibility index (Phi) is 5.37. The van der Waals surface area contributed by atoms with Gasteiger partial charge < -0.3 is 10.2 Å². The molecule has 0 spiro atoms. The molecule has 0 radical (unpaired) electrons. The van der Waals surface area contributed by atoms with E-state index in [9.17, 15) is 9.59 Å². The van der Waals surface area contributed by atoms with Crippen molar-refractivity contribution in [3.05, 3.63) is 11.6 Å². The first kappa shape index (κ1) is 16.7. The fourth-order valence-electron chi connectivity index (χ4n) is 2.60. The number of nitrogens with zero attached hydrogens (tertiary/aromatic N) is 1. The van der Waals surface area contributed by atoms with Gasteiger partial charge in [0.05, 0.1) is 0 Å². The van der Waals surface area contributed by atoms with Crippen LogP contribution in [0.25, 0.3) is 0 Å². The van der Waals surface area contributed by atoms with E-state index in [2.05, 4.69) is 5.32 Å². The van der Waals surface area contributed by atoms with Gasteiger partial charge >= 0.3 is 0 Å². The van der Waals surface area contributed by atoms with Gasteiger partial charge in [0.15, 0.2) is 0 Å². The zero-order valence-corrected chi connectivity index (χ0v) is 13.6. The fraction of sp³-hybridized carbons (Fsp3) is 0.750. The number of carbonyl (C=O) groups is 2. The van der Waals surface area contributed by atoms with Gasteiger partial charge in [-0.1, -0.05) is 45.8 Å². The highest BCUT2D eigenvalue weighted by Crippen LogP contribution is 2.28. The Labute approximate surface area is 122 Å². The molecule has 1 heterocycles. The summed E-state index contributed by atoms with van der Waals surface area (Å²) in [5.74, 6) is 0.0154. The first-order valence-corrected chi connectivity index (χ1v) is 7.42. The number of amides is 2. The van der Waals surface area contributed by atoms with Crippen molar-refractivity contribution >= 4 is 11.8 Å². The van der Waals surface area contributed by atoms with E-state index in [0.717, 1.165) is 12.0 Å². The summed E-state index contributed by atoms with van der Waals surface area (Å²) in [4.78, 5) is 26.8. The summed E-state index contributed by atoms with van der Waals surface area (Å²) in [7, 11) is 0. The first-order valence-electron chi connectivity index (χ1n) is 7.42. The van der Waals surface area contributed by atoms with E-state index in [1.54, 1.807) is 4.90 Å². The fourth-order valence-corrected chi connectivity index (χ4v) is 2.60. The van der Waals surface area contributed by atoms with E-state index in [0.29, 0.717) is 13.0 Å². The molecule has 0 aromatic carbocycles. The van der Waals surface area contributed by atoms with E-state index in [4.69, 9.17) is 0 Å². The molecule has 0 saturated carbocycles. The minimum atomic E-state index is -0.404. The van der Waals surface area contributed by atoms with Crippen LogP contribution in [0.15, 0.2) is 11.6 Å². The zero-order valence-electron chi connectivity index (χ0n) is 13.6. The first-order chi connectivity index (χ1) is 9.18. The standard InChI is InChI=1S/C16H28N2O2/c1-7-8-12-15(20)18(10-9-11(2)3)13(14(19)17-12)16(4,5)6/h9,12-13H,7-8,10H2,1-6H3,(H,17,19). The Morgan fingerprint density at radius 2 is 1.90 bits per heavy atom. The Morgan fingerprint density at radius 3 is 2.35 bits per heavy atom. The number of hydrogen-bond acceptors (Lipinski definition) is 2. The maximum Gasteiger partial charge on any atom is 0.246 e. The molecule has 0 aliphatic carbocycles. The third kappa shape index (κ3) is 3.84. The topological polar surface area (TPSA) is 49.4 Å². The third-order valence-corrected chi connectivity index (χ3v) is 3.55. The van der Waals surface area contributed by atoms with Gasteiger partial charge in [-0.05, 0) is 25.7 Å². The minimum absolute atomic E-state index is 0.0299. The van der Waals surface area contributed by atoms with Gasteiger partial charge in [-0.3, -0.25) is 9.59 Å². The molecule has 20 heavy (non-hydrogen) atoms. The van der Waals surface area contributed by atoms with Crippen LogP contribution in [0.4, 0.5) is 0 Å². The molecule has 4 heteroatoms. The van der Waals surface area contributed by atoms with Gasteiger partial charge in [-0.25, -0.2) is 0 Å². The van der Waals surface area contributed by atoms with Crippen molar-refractivity contribution in [1.29, 1.82) is 0 Å². The van der Waals surface area contributed by atoms with Crippen molar-refractivity contribution in [2.75, 3.05) is 6.54 Å². The molecule has 2 amide bonds. The van der Waals surface area contributed by atoms with E-state index in [-0.39, 0.29) is 23.3 Å². The highest BCUT2D eigenvalue weighted by Gasteiger charge is 2.45. The quantitative estimate of drug-likeness (QED) is 0.804. The van der Waals surface area contributed by atoms with E-state index < -0.39 is 6.04 Å². The Balaban J connectivity index is 3.07. The van der Waals surface area contributed by atoms with Crippen LogP contribution in [-0.4, -0.2) is 35.3 Å². The second-order valence-corrected chi connectivity index (χ2v) is 6.89. The largest absolute Gasteiger partial charge is 0.342 e. The molecule has 0 aromatic rings. The summed E-state index contributed by atoms with van der Waals surface area (Å²) in [6, 6.07) is -0.768. The van der Waals surface area contributed by atoms with E-state index in [1.807, 2.05) is 47.6 Å². The molecule has 114 valence electrons. The molecule has 1 aliphatic heterocycles. The number of rotatable bonds is 4. The average Bonchev–Trinajstić information content (AvgIpc) is 2.29. The van der Waals surface area contributed by atoms with Crippen LogP contribution in [-0.2, 0) is 9.59 Å². The van der Waals surface area contributed by atoms with Crippen molar-refractivity contribution in [3.8, 4) is 0 Å². The Morgan fingerprint density at radius 1 is 1.30 bits per heavy atom. The molecule has 0 aromatic heterocycles. The summed E-state index contributed by atoms with van der Waals surface area (Å²) in [6.07, 6.45) is 3.60. The maximum atomic E-state index is 12.6.